The summed E-state index contributed by atoms with van der Waals surface area (Å²) in [5.74, 6) is 1.00. The third-order valence-electron chi connectivity index (χ3n) is 9.00. The van der Waals surface area contributed by atoms with Gasteiger partial charge < -0.3 is 5.73 Å². The van der Waals surface area contributed by atoms with Crippen LogP contribution in [0.1, 0.15) is 56.7 Å². The Labute approximate surface area is 236 Å². The van der Waals surface area contributed by atoms with Crippen molar-refractivity contribution in [3.63, 3.8) is 0 Å². The normalized spacial score (nSPS) is 19.5. The zero-order valence-corrected chi connectivity index (χ0v) is 23.5. The fourth-order valence-corrected chi connectivity index (χ4v) is 7.05. The predicted octanol–water partition coefficient (Wildman–Crippen LogP) is 9.13. The minimum absolute atomic E-state index is 0.0308. The van der Waals surface area contributed by atoms with Gasteiger partial charge in [-0.05, 0) is 82.8 Å². The summed E-state index contributed by atoms with van der Waals surface area (Å²) >= 11 is 0. The van der Waals surface area contributed by atoms with Crippen LogP contribution >= 0.6 is 0 Å². The predicted molar refractivity (Wildman–Crippen MR) is 168 cm³/mol. The number of para-hydroxylation sites is 2. The highest BCUT2D eigenvalue weighted by molar-refractivity contribution is 5.86. The first-order valence-corrected chi connectivity index (χ1v) is 14.3. The van der Waals surface area contributed by atoms with Gasteiger partial charge in [0, 0.05) is 22.4 Å². The lowest BCUT2D eigenvalue weighted by Gasteiger charge is -2.28. The van der Waals surface area contributed by atoms with E-state index in [1.807, 2.05) is 12.1 Å². The molecule has 1 unspecified atom stereocenters. The van der Waals surface area contributed by atoms with E-state index < -0.39 is 0 Å². The number of aromatic nitrogens is 2. The summed E-state index contributed by atoms with van der Waals surface area (Å²) in [6.07, 6.45) is 9.76. The molecule has 2 aliphatic rings. The highest BCUT2D eigenvalue weighted by Gasteiger charge is 2.45. The summed E-state index contributed by atoms with van der Waals surface area (Å²) in [5.41, 5.74) is 18.2. The number of fused-ring (bicyclic) bond motifs is 2. The molecule has 2 N–H and O–H groups in total. The summed E-state index contributed by atoms with van der Waals surface area (Å²) in [7, 11) is 0. The van der Waals surface area contributed by atoms with E-state index in [-0.39, 0.29) is 10.8 Å². The minimum Gasteiger partial charge on any atom is -0.399 e. The number of hydrogen-bond acceptors (Lipinski definition) is 2. The molecule has 0 bridgehead atoms. The van der Waals surface area contributed by atoms with Crippen LogP contribution in [0.15, 0.2) is 109 Å². The number of imidazole rings is 1. The summed E-state index contributed by atoms with van der Waals surface area (Å²) in [4.78, 5) is 5.07. The number of hydrogen-bond donors (Lipinski definition) is 1. The second-order valence-electron chi connectivity index (χ2n) is 12.2. The van der Waals surface area contributed by atoms with Crippen LogP contribution in [-0.4, -0.2) is 9.55 Å². The lowest BCUT2D eigenvalue weighted by atomic mass is 9.75. The molecule has 0 amide bonds. The van der Waals surface area contributed by atoms with E-state index in [1.165, 1.54) is 33.5 Å². The molecule has 2 aliphatic carbocycles. The van der Waals surface area contributed by atoms with E-state index in [0.717, 1.165) is 47.4 Å². The Morgan fingerprint density at radius 1 is 0.775 bits per heavy atom. The number of nitrogen functional groups attached to an aromatic ring is 1. The van der Waals surface area contributed by atoms with Gasteiger partial charge >= 0.3 is 0 Å². The van der Waals surface area contributed by atoms with Gasteiger partial charge in [0.15, 0.2) is 0 Å². The van der Waals surface area contributed by atoms with Crippen molar-refractivity contribution in [2.24, 2.45) is 0 Å². The number of anilines is 1. The number of nitrogens with two attached hydrogens (primary N) is 1. The van der Waals surface area contributed by atoms with Gasteiger partial charge in [0.25, 0.3) is 0 Å². The third-order valence-corrected chi connectivity index (χ3v) is 9.00. The molecule has 0 saturated carbocycles. The van der Waals surface area contributed by atoms with E-state index in [9.17, 15) is 0 Å². The number of allylic oxidation sites excluding steroid dienone is 4. The molecule has 198 valence electrons. The summed E-state index contributed by atoms with van der Waals surface area (Å²) in [5, 5.41) is 0. The van der Waals surface area contributed by atoms with Crippen molar-refractivity contribution in [3.8, 4) is 22.5 Å². The highest BCUT2D eigenvalue weighted by atomic mass is 15.1. The molecule has 0 radical (unpaired) electrons. The molecule has 40 heavy (non-hydrogen) atoms. The van der Waals surface area contributed by atoms with Crippen LogP contribution in [0.3, 0.4) is 0 Å². The lowest BCUT2D eigenvalue weighted by Crippen LogP contribution is -2.23. The molecule has 3 nitrogen and oxygen atoms in total. The van der Waals surface area contributed by atoms with Crippen molar-refractivity contribution >= 4 is 22.4 Å². The van der Waals surface area contributed by atoms with Crippen LogP contribution in [0.25, 0.3) is 39.2 Å². The topological polar surface area (TPSA) is 43.8 Å². The zero-order valence-electron chi connectivity index (χ0n) is 23.5. The Morgan fingerprint density at radius 3 is 2.25 bits per heavy atom. The molecular formula is C37H35N3. The Morgan fingerprint density at radius 2 is 1.50 bits per heavy atom. The third kappa shape index (κ3) is 3.92. The van der Waals surface area contributed by atoms with Gasteiger partial charge in [-0.3, -0.25) is 4.57 Å². The smallest absolute Gasteiger partial charge is 0.145 e. The van der Waals surface area contributed by atoms with Gasteiger partial charge in [-0.25, -0.2) is 4.98 Å². The monoisotopic (exact) mass is 521 g/mol. The number of benzene rings is 4. The van der Waals surface area contributed by atoms with Crippen LogP contribution in [-0.2, 0) is 10.8 Å². The first-order valence-electron chi connectivity index (χ1n) is 14.3. The van der Waals surface area contributed by atoms with Gasteiger partial charge in [-0.1, -0.05) is 99.7 Å². The SMILES string of the molecule is CC1(C)CC(C)(c2ccc(N)cc2)c2ccc(-c3ccc(-c4nc5ccccc5n4C4=CC=CCC4)cc3)cc21. The average molecular weight is 522 g/mol. The fraction of sp³-hybridized carbons (Fsp3) is 0.216. The summed E-state index contributed by atoms with van der Waals surface area (Å²) in [6, 6.07) is 32.9. The van der Waals surface area contributed by atoms with E-state index >= 15 is 0 Å². The van der Waals surface area contributed by atoms with Crippen molar-refractivity contribution in [3.05, 3.63) is 126 Å². The second kappa shape index (κ2) is 9.09. The van der Waals surface area contributed by atoms with Gasteiger partial charge in [-0.2, -0.15) is 0 Å². The maximum Gasteiger partial charge on any atom is 0.145 e. The molecule has 1 heterocycles. The Hall–Kier alpha value is -4.37. The molecule has 0 saturated heterocycles. The van der Waals surface area contributed by atoms with Crippen molar-refractivity contribution in [1.82, 2.24) is 9.55 Å². The van der Waals surface area contributed by atoms with Crippen LogP contribution in [0.2, 0.25) is 0 Å². The van der Waals surface area contributed by atoms with Gasteiger partial charge in [-0.15, -0.1) is 0 Å². The molecule has 7 rings (SSSR count). The molecule has 3 heteroatoms. The zero-order chi connectivity index (χ0) is 27.5. The summed E-state index contributed by atoms with van der Waals surface area (Å²) in [6.45, 7) is 7.13. The highest BCUT2D eigenvalue weighted by Crippen LogP contribution is 2.53. The standard InChI is InChI=1S/C37H35N3/c1-36(2)24-37(3,28-18-20-29(38)21-19-28)31-22-17-27(23-32(31)36)25-13-15-26(16-14-25)35-39-33-11-7-8-12-34(33)40(35)30-9-5-4-6-10-30/h4-5,7-9,11-23H,6,10,24,38H2,1-3H3. The van der Waals surface area contributed by atoms with Crippen LogP contribution in [0.5, 0.6) is 0 Å². The quantitative estimate of drug-likeness (QED) is 0.240. The van der Waals surface area contributed by atoms with Crippen molar-refractivity contribution < 1.29 is 0 Å². The van der Waals surface area contributed by atoms with Crippen LogP contribution in [0, 0.1) is 0 Å². The second-order valence-corrected chi connectivity index (χ2v) is 12.2. The van der Waals surface area contributed by atoms with Crippen molar-refractivity contribution in [2.75, 3.05) is 5.73 Å². The van der Waals surface area contributed by atoms with E-state index in [0.29, 0.717) is 0 Å². The largest absolute Gasteiger partial charge is 0.399 e. The van der Waals surface area contributed by atoms with Crippen molar-refractivity contribution in [1.29, 1.82) is 0 Å². The van der Waals surface area contributed by atoms with Crippen molar-refractivity contribution in [2.45, 2.75) is 50.9 Å². The number of rotatable bonds is 4. The van der Waals surface area contributed by atoms with Crippen LogP contribution < -0.4 is 5.73 Å². The van der Waals surface area contributed by atoms with Gasteiger partial charge in [0.2, 0.25) is 0 Å². The molecule has 1 atom stereocenters. The molecule has 1 aromatic heterocycles. The fourth-order valence-electron chi connectivity index (χ4n) is 7.05. The molecular weight excluding hydrogens is 486 g/mol. The maximum atomic E-state index is 6.00. The summed E-state index contributed by atoms with van der Waals surface area (Å²) < 4.78 is 2.34. The van der Waals surface area contributed by atoms with E-state index in [4.69, 9.17) is 10.7 Å². The first-order chi connectivity index (χ1) is 19.3. The van der Waals surface area contributed by atoms with Gasteiger partial charge in [0.05, 0.1) is 11.0 Å². The Balaban J connectivity index is 1.27. The first kappa shape index (κ1) is 24.7. The van der Waals surface area contributed by atoms with E-state index in [2.05, 4.69) is 122 Å². The maximum absolute atomic E-state index is 6.00. The Kier molecular flexibility index (Phi) is 5.60. The molecule has 0 aliphatic heterocycles. The molecule has 0 fully saturated rings. The van der Waals surface area contributed by atoms with E-state index in [1.54, 1.807) is 0 Å². The number of nitrogens with zero attached hydrogens (tertiary/aromatic N) is 2. The van der Waals surface area contributed by atoms with Gasteiger partial charge in [0.1, 0.15) is 5.82 Å². The lowest BCUT2D eigenvalue weighted by molar-refractivity contribution is 0.425. The molecule has 5 aromatic rings. The molecule has 0 spiro atoms. The average Bonchev–Trinajstić information content (AvgIpc) is 3.46. The Bertz CT molecular complexity index is 1800. The molecule has 4 aromatic carbocycles. The van der Waals surface area contributed by atoms with Crippen LogP contribution in [0.4, 0.5) is 5.69 Å². The minimum atomic E-state index is -0.0308.